The number of hydrogen-bond acceptors (Lipinski definition) is 3. The van der Waals surface area contributed by atoms with Gasteiger partial charge in [0, 0.05) is 26.2 Å². The van der Waals surface area contributed by atoms with Gasteiger partial charge in [-0.3, -0.25) is 0 Å². The second-order valence-electron chi connectivity index (χ2n) is 4.51. The minimum absolute atomic E-state index is 0.138. The topological polar surface area (TPSA) is 35.5 Å². The molecule has 0 aliphatic carbocycles. The molecule has 0 amide bonds. The van der Waals surface area contributed by atoms with Gasteiger partial charge in [0.15, 0.2) is 0 Å². The molecule has 0 spiro atoms. The lowest BCUT2D eigenvalue weighted by Crippen LogP contribution is -2.12. The van der Waals surface area contributed by atoms with Crippen LogP contribution < -0.4 is 10.2 Å². The van der Waals surface area contributed by atoms with Crippen LogP contribution in [0.15, 0.2) is 42.5 Å². The molecule has 0 radical (unpaired) electrons. The molecule has 0 unspecified atom stereocenters. The third-order valence-electron chi connectivity index (χ3n) is 2.93. The fraction of sp³-hybridized carbons (Fsp3) is 0.200. The summed E-state index contributed by atoms with van der Waals surface area (Å²) in [6.45, 7) is 0.525. The Morgan fingerprint density at radius 2 is 1.84 bits per heavy atom. The molecule has 3 nitrogen and oxygen atoms in total. The van der Waals surface area contributed by atoms with Crippen molar-refractivity contribution >= 4 is 23.0 Å². The molecule has 0 aliphatic rings. The zero-order chi connectivity index (χ0) is 13.8. The Bertz CT molecular complexity index is 570. The molecule has 0 saturated heterocycles. The molecule has 0 atom stereocenters. The average Bonchev–Trinajstić information content (AvgIpc) is 2.40. The molecule has 2 aromatic rings. The van der Waals surface area contributed by atoms with Gasteiger partial charge in [0.05, 0.1) is 16.4 Å². The van der Waals surface area contributed by atoms with Crippen molar-refractivity contribution in [2.24, 2.45) is 0 Å². The van der Waals surface area contributed by atoms with Crippen LogP contribution in [0.5, 0.6) is 5.75 Å². The third kappa shape index (κ3) is 3.12. The van der Waals surface area contributed by atoms with Gasteiger partial charge in [-0.15, -0.1) is 0 Å². The Morgan fingerprint density at radius 3 is 2.58 bits per heavy atom. The van der Waals surface area contributed by atoms with Gasteiger partial charge in [-0.2, -0.15) is 0 Å². The standard InChI is InChI=1S/C15H17ClN2O/c1-18(2)14-9-4-3-8-13(14)17-10-11-6-5-7-12(16)15(11)19/h3-9,17,19H,10H2,1-2H3. The number of rotatable bonds is 4. The highest BCUT2D eigenvalue weighted by Crippen LogP contribution is 2.29. The minimum atomic E-state index is 0.138. The van der Waals surface area contributed by atoms with E-state index in [2.05, 4.69) is 5.32 Å². The molecule has 0 heterocycles. The number of aromatic hydroxyl groups is 1. The molecule has 19 heavy (non-hydrogen) atoms. The quantitative estimate of drug-likeness (QED) is 0.893. The van der Waals surface area contributed by atoms with Crippen molar-refractivity contribution in [1.82, 2.24) is 0 Å². The molecule has 0 fully saturated rings. The van der Waals surface area contributed by atoms with Gasteiger partial charge in [0.2, 0.25) is 0 Å². The zero-order valence-corrected chi connectivity index (χ0v) is 11.8. The average molecular weight is 277 g/mol. The Kier molecular flexibility index (Phi) is 4.17. The molecular formula is C15H17ClN2O. The molecule has 0 saturated carbocycles. The van der Waals surface area contributed by atoms with Crippen LogP contribution in [0.4, 0.5) is 11.4 Å². The smallest absolute Gasteiger partial charge is 0.139 e. The summed E-state index contributed by atoms with van der Waals surface area (Å²) in [5.74, 6) is 0.138. The maximum atomic E-state index is 9.87. The van der Waals surface area contributed by atoms with Crippen LogP contribution in [0.2, 0.25) is 5.02 Å². The summed E-state index contributed by atoms with van der Waals surface area (Å²) < 4.78 is 0. The van der Waals surface area contributed by atoms with Gasteiger partial charge in [0.1, 0.15) is 5.75 Å². The predicted molar refractivity (Wildman–Crippen MR) is 81.2 cm³/mol. The molecule has 2 rings (SSSR count). The Morgan fingerprint density at radius 1 is 1.11 bits per heavy atom. The van der Waals surface area contributed by atoms with Crippen LogP contribution in [0.25, 0.3) is 0 Å². The van der Waals surface area contributed by atoms with Crippen molar-refractivity contribution in [2.75, 3.05) is 24.3 Å². The fourth-order valence-electron chi connectivity index (χ4n) is 1.91. The van der Waals surface area contributed by atoms with Crippen molar-refractivity contribution in [2.45, 2.75) is 6.54 Å². The minimum Gasteiger partial charge on any atom is -0.506 e. The van der Waals surface area contributed by atoms with E-state index >= 15 is 0 Å². The Labute approximate surface area is 118 Å². The molecule has 2 N–H and O–H groups in total. The molecule has 0 bridgehead atoms. The third-order valence-corrected chi connectivity index (χ3v) is 3.23. The van der Waals surface area contributed by atoms with Gasteiger partial charge in [-0.25, -0.2) is 0 Å². The van der Waals surface area contributed by atoms with Gasteiger partial charge in [-0.05, 0) is 18.2 Å². The van der Waals surface area contributed by atoms with Crippen molar-refractivity contribution in [3.63, 3.8) is 0 Å². The summed E-state index contributed by atoms with van der Waals surface area (Å²) in [5.41, 5.74) is 2.90. The molecule has 0 aromatic heterocycles. The first kappa shape index (κ1) is 13.6. The van der Waals surface area contributed by atoms with Crippen LogP contribution in [0.1, 0.15) is 5.56 Å². The molecular weight excluding hydrogens is 260 g/mol. The first-order valence-electron chi connectivity index (χ1n) is 6.06. The SMILES string of the molecule is CN(C)c1ccccc1NCc1cccc(Cl)c1O. The number of phenols is 1. The van der Waals surface area contributed by atoms with E-state index in [1.807, 2.05) is 55.4 Å². The van der Waals surface area contributed by atoms with Crippen LogP contribution in [-0.4, -0.2) is 19.2 Å². The highest BCUT2D eigenvalue weighted by atomic mass is 35.5. The maximum Gasteiger partial charge on any atom is 0.139 e. The Hall–Kier alpha value is -1.87. The first-order valence-corrected chi connectivity index (χ1v) is 6.44. The second kappa shape index (κ2) is 5.85. The lowest BCUT2D eigenvalue weighted by Gasteiger charge is -2.18. The van der Waals surface area contributed by atoms with Crippen molar-refractivity contribution < 1.29 is 5.11 Å². The monoisotopic (exact) mass is 276 g/mol. The number of benzene rings is 2. The summed E-state index contributed by atoms with van der Waals surface area (Å²) in [6, 6.07) is 13.4. The fourth-order valence-corrected chi connectivity index (χ4v) is 2.10. The van der Waals surface area contributed by atoms with Gasteiger partial charge >= 0.3 is 0 Å². The van der Waals surface area contributed by atoms with Crippen molar-refractivity contribution in [1.29, 1.82) is 0 Å². The maximum absolute atomic E-state index is 9.87. The largest absolute Gasteiger partial charge is 0.506 e. The summed E-state index contributed by atoms with van der Waals surface area (Å²) >= 11 is 5.89. The van der Waals surface area contributed by atoms with E-state index in [0.717, 1.165) is 16.9 Å². The van der Waals surface area contributed by atoms with Crippen LogP contribution in [0.3, 0.4) is 0 Å². The number of nitrogens with zero attached hydrogens (tertiary/aromatic N) is 1. The first-order chi connectivity index (χ1) is 9.09. The van der Waals surface area contributed by atoms with Crippen LogP contribution in [0, 0.1) is 0 Å². The van der Waals surface area contributed by atoms with Gasteiger partial charge < -0.3 is 15.3 Å². The number of hydrogen-bond donors (Lipinski definition) is 2. The van der Waals surface area contributed by atoms with E-state index in [1.165, 1.54) is 0 Å². The highest BCUT2D eigenvalue weighted by Gasteiger charge is 2.07. The van der Waals surface area contributed by atoms with E-state index in [9.17, 15) is 5.11 Å². The van der Waals surface area contributed by atoms with Crippen LogP contribution >= 0.6 is 11.6 Å². The van der Waals surface area contributed by atoms with E-state index in [-0.39, 0.29) is 5.75 Å². The van der Waals surface area contributed by atoms with Gasteiger partial charge in [-0.1, -0.05) is 35.9 Å². The highest BCUT2D eigenvalue weighted by molar-refractivity contribution is 6.32. The van der Waals surface area contributed by atoms with E-state index < -0.39 is 0 Å². The second-order valence-corrected chi connectivity index (χ2v) is 4.92. The summed E-state index contributed by atoms with van der Waals surface area (Å²) in [7, 11) is 3.99. The normalized spacial score (nSPS) is 10.3. The van der Waals surface area contributed by atoms with Crippen LogP contribution in [-0.2, 0) is 6.54 Å². The van der Waals surface area contributed by atoms with Gasteiger partial charge in [0.25, 0.3) is 0 Å². The van der Waals surface area contributed by atoms with E-state index in [4.69, 9.17) is 11.6 Å². The predicted octanol–water partition coefficient (Wildman–Crippen LogP) is 3.72. The lowest BCUT2D eigenvalue weighted by atomic mass is 10.2. The van der Waals surface area contributed by atoms with Crippen molar-refractivity contribution in [3.05, 3.63) is 53.1 Å². The lowest BCUT2D eigenvalue weighted by molar-refractivity contribution is 0.469. The number of phenolic OH excluding ortho intramolecular Hbond substituents is 1. The number of anilines is 2. The molecule has 2 aromatic carbocycles. The zero-order valence-electron chi connectivity index (χ0n) is 11.0. The van der Waals surface area contributed by atoms with E-state index in [1.54, 1.807) is 6.07 Å². The number of nitrogens with one attached hydrogen (secondary N) is 1. The van der Waals surface area contributed by atoms with E-state index in [0.29, 0.717) is 11.6 Å². The molecule has 0 aliphatic heterocycles. The number of halogens is 1. The molecule has 4 heteroatoms. The van der Waals surface area contributed by atoms with Crippen molar-refractivity contribution in [3.8, 4) is 5.75 Å². The number of para-hydroxylation sites is 3. The summed E-state index contributed by atoms with van der Waals surface area (Å²) in [4.78, 5) is 2.04. The summed E-state index contributed by atoms with van der Waals surface area (Å²) in [5, 5.41) is 13.6. The molecule has 100 valence electrons. The summed E-state index contributed by atoms with van der Waals surface area (Å²) in [6.07, 6.45) is 0. The Balaban J connectivity index is 2.17.